The zero-order valence-corrected chi connectivity index (χ0v) is 71.4. The van der Waals surface area contributed by atoms with Crippen LogP contribution in [0.2, 0.25) is 0 Å². The van der Waals surface area contributed by atoms with E-state index in [1.54, 1.807) is 0 Å². The van der Waals surface area contributed by atoms with Crippen LogP contribution in [-0.2, 0) is 61.2 Å². The molecule has 65 nitrogen and oxygen atoms in total. The van der Waals surface area contributed by atoms with Gasteiger partial charge in [0.1, 0.15) is 226 Å². The van der Waals surface area contributed by atoms with Gasteiger partial charge in [0.05, 0.1) is 97.7 Å². The maximum atomic E-state index is 10.3. The molecule has 0 aromatic rings. The second-order valence-electron chi connectivity index (χ2n) is 30.3. The van der Waals surface area contributed by atoms with E-state index in [2.05, 4.69) is 55.0 Å². The van der Waals surface area contributed by atoms with Crippen molar-refractivity contribution in [1.29, 1.82) is 0 Å². The van der Waals surface area contributed by atoms with Crippen LogP contribution in [0.25, 0.3) is 0 Å². The molecule has 0 saturated carbocycles. The summed E-state index contributed by atoms with van der Waals surface area (Å²) in [5, 5.41) is 439. The van der Waals surface area contributed by atoms with Crippen molar-refractivity contribution in [3.8, 4) is 0 Å². The van der Waals surface area contributed by atoms with Crippen LogP contribution in [0.15, 0.2) is 0 Å². The van der Waals surface area contributed by atoms with E-state index in [1.165, 1.54) is 6.92 Å². The first-order valence-corrected chi connectivity index (χ1v) is 41.7. The molecule has 51 N–H and O–H groups in total. The van der Waals surface area contributed by atoms with Crippen LogP contribution < -0.4 is 15.5 Å². The number of ether oxygens (including phenoxy) is 11. The predicted octanol–water partition coefficient (Wildman–Crippen LogP) is -32.6. The SMILES string of the molecule is CC1O[C@@H](O)C(O)[C@@H](O)[C@H]1O.NC1[C@@H](O)[C@@H](O)C(CO)O[C@@H]1O.O=P([O-])([O-])O[C@H]1OC(CO)[C@H](O)[C@H](O)C1O.OC1[C@H](O)OC(CS)[C@@H](O)[C@@H]1O.OCC1OC(O)C(O)[C@@H](O)[C@H]1O.OCC1OC(O)C(O)[C@H](O)[C@H]1O.OCC1O[C@@H](O)C[C@@H](O)[C@H]1O.OCC1O[C@H](O)C(O)C[C@H]1O.OCC1O[C@H](O)C(O)[C@@H](O)[C@H]1O.OCC1O[C@H](O)C(O)[C@@H](O)[C@H]1O.OCC1O[C@H](O)C(O)[C@@H](O)[C@H]1O. The fraction of sp³-hybridized carbons (Fsp3) is 1.00. The van der Waals surface area contributed by atoms with Crippen LogP contribution in [0, 0.1) is 0 Å². The smallest absolute Gasteiger partial charge is 0.191 e. The molecule has 0 radical (unpaired) electrons. The molecule has 0 spiro atoms. The number of hydrogen-bond donors (Lipinski definition) is 51. The first-order chi connectivity index (χ1) is 61.6. The minimum atomic E-state index is -5.41. The molecule has 133 heavy (non-hydrogen) atoms. The van der Waals surface area contributed by atoms with E-state index < -0.39 is 386 Å². The molecule has 11 fully saturated rings. The van der Waals surface area contributed by atoms with E-state index >= 15 is 0 Å². The standard InChI is InChI=1S/C6H13NO5.C6H13O9P.5C6H12O6.C6H12O5S.3C6H12O5/c7-3-5(10)4(9)2(1-8)12-6(3)11;7-1-2-3(8)4(9)5(10)6(14-2)15-16(11,12)13;5*7-1-2-3(8)4(9)5(10)6(11)12-2;7-3-2(1-12)11-6(10)5(9)4(3)8;7-2-4-6(10)3(8)1-5(9)11-4;7-2-5-3(8)1-4(9)6(10)11-5;1-2-3(7)4(8)5(9)6(10)11-2/h2-6,8-11H,1,7H2;2-10H,1H2,(H2,11,12,13);5*2-11H,1H2;2-10,12H,1H2;2*3-10H,1-2H2;2-10H,1H3/p-2/t2?,3?,4-,5+,6-;2?,3-,4-,5?,6+;2?,3-,4+,5?,6?;2?,3-,4-,5?,6?;3*2?,3-,4-,5?,6-;2?,3-,4+,5?,6-;3-,4?,5-,6-;3-,4?,5?,6+;2?,3-,4-,5?,6+/m00000001110/s1. The highest BCUT2D eigenvalue weighted by Gasteiger charge is 2.51. The van der Waals surface area contributed by atoms with Gasteiger partial charge >= 0.3 is 0 Å². The highest BCUT2D eigenvalue weighted by molar-refractivity contribution is 7.80. The number of aliphatic hydroxyl groups excluding tert-OH is 49. The quantitative estimate of drug-likeness (QED) is 0.0637. The molecule has 0 amide bonds. The van der Waals surface area contributed by atoms with Crippen molar-refractivity contribution in [3.05, 3.63) is 0 Å². The van der Waals surface area contributed by atoms with Crippen LogP contribution in [0.1, 0.15) is 19.8 Å². The number of thiol groups is 1. The summed E-state index contributed by atoms with van der Waals surface area (Å²) in [6.07, 6.45) is -69.0. The zero-order chi connectivity index (χ0) is 103. The molecule has 0 aliphatic carbocycles. The fourth-order valence-electron chi connectivity index (χ4n) is 12.0. The third kappa shape index (κ3) is 38.6. The Kier molecular flexibility index (Phi) is 60.0. The Labute approximate surface area is 755 Å². The number of nitrogens with two attached hydrogens (primary N) is 1. The summed E-state index contributed by atoms with van der Waals surface area (Å²) in [5.41, 5.74) is 5.26. The van der Waals surface area contributed by atoms with Gasteiger partial charge in [0.25, 0.3) is 0 Å². The first-order valence-electron chi connectivity index (χ1n) is 39.6. The van der Waals surface area contributed by atoms with E-state index in [4.69, 9.17) is 240 Å². The number of rotatable bonds is 12. The monoisotopic (exact) mass is 2030 g/mol. The number of phosphoric acid groups is 1. The van der Waals surface area contributed by atoms with Gasteiger partial charge in [-0.3, -0.25) is 0 Å². The van der Waals surface area contributed by atoms with Crippen LogP contribution in [0.5, 0.6) is 0 Å². The number of hydrogen-bond acceptors (Lipinski definition) is 66. The Balaban J connectivity index is 0.000000732. The average Bonchev–Trinajstić information content (AvgIpc) is 0.785. The number of aliphatic hydroxyl groups is 49. The zero-order valence-electron chi connectivity index (χ0n) is 69.6. The summed E-state index contributed by atoms with van der Waals surface area (Å²) >= 11 is 3.84. The summed E-state index contributed by atoms with van der Waals surface area (Å²) in [4.78, 5) is 20.6. The van der Waals surface area contributed by atoms with E-state index in [9.17, 15) is 45.0 Å². The van der Waals surface area contributed by atoms with Gasteiger partial charge in [-0.1, -0.05) is 0 Å². The van der Waals surface area contributed by atoms with Crippen molar-refractivity contribution >= 4 is 20.5 Å². The molecule has 67 heteroatoms. The van der Waals surface area contributed by atoms with Crippen molar-refractivity contribution in [2.45, 2.75) is 345 Å². The lowest BCUT2D eigenvalue weighted by Crippen LogP contribution is -2.61. The summed E-state index contributed by atoms with van der Waals surface area (Å²) < 4.78 is 65.1. The van der Waals surface area contributed by atoms with Crippen molar-refractivity contribution in [1.82, 2.24) is 0 Å². The van der Waals surface area contributed by atoms with Gasteiger partial charge in [0.2, 0.25) is 0 Å². The van der Waals surface area contributed by atoms with Crippen molar-refractivity contribution < 1.29 is 321 Å². The third-order valence-electron chi connectivity index (χ3n) is 20.5. The summed E-state index contributed by atoms with van der Waals surface area (Å²) in [6.45, 7) is -3.10. The molecule has 0 aromatic heterocycles. The highest BCUT2D eigenvalue weighted by Crippen LogP contribution is 2.34. The molecular formula is C66H132NO64PS-2. The Bertz CT molecular complexity index is 2670. The van der Waals surface area contributed by atoms with Crippen molar-refractivity contribution in [3.63, 3.8) is 0 Å². The van der Waals surface area contributed by atoms with Crippen LogP contribution in [0.4, 0.5) is 0 Å². The molecule has 0 aromatic carbocycles. The number of phosphoric ester groups is 1. The lowest BCUT2D eigenvalue weighted by molar-refractivity contribution is -0.368. The Morgan fingerprint density at radius 1 is 0.248 bits per heavy atom. The fourth-order valence-corrected chi connectivity index (χ4v) is 12.8. The van der Waals surface area contributed by atoms with Gasteiger partial charge < -0.3 is 327 Å². The van der Waals surface area contributed by atoms with Crippen LogP contribution >= 0.6 is 20.5 Å². The maximum absolute atomic E-state index is 10.3. The van der Waals surface area contributed by atoms with E-state index in [1.807, 2.05) is 0 Å². The molecule has 798 valence electrons. The Morgan fingerprint density at radius 3 is 0.752 bits per heavy atom. The molecular weight excluding hydrogens is 1890 g/mol. The van der Waals surface area contributed by atoms with Gasteiger partial charge in [0.15, 0.2) is 69.2 Å². The maximum Gasteiger partial charge on any atom is 0.191 e. The molecule has 53 atom stereocenters. The largest absolute Gasteiger partial charge is 0.790 e. The van der Waals surface area contributed by atoms with E-state index in [0.29, 0.717) is 0 Å². The topological polar surface area (TPSA) is 1190 Å². The van der Waals surface area contributed by atoms with Gasteiger partial charge in [-0.05, 0) is 6.92 Å². The minimum Gasteiger partial charge on any atom is -0.790 e. The summed E-state index contributed by atoms with van der Waals surface area (Å²) in [7, 11) is -5.41. The molecule has 11 aliphatic rings. The van der Waals surface area contributed by atoms with Crippen LogP contribution in [0.3, 0.4) is 0 Å². The minimum absolute atomic E-state index is 0.0162. The van der Waals surface area contributed by atoms with E-state index in [-0.39, 0.29) is 25.2 Å². The van der Waals surface area contributed by atoms with Gasteiger partial charge in [-0.2, -0.15) is 12.6 Å². The van der Waals surface area contributed by atoms with Crippen molar-refractivity contribution in [2.24, 2.45) is 5.73 Å². The summed E-state index contributed by atoms with van der Waals surface area (Å²) in [5.74, 6) is 0.169. The van der Waals surface area contributed by atoms with Gasteiger partial charge in [0, 0.05) is 18.6 Å². The molecule has 23 unspecified atom stereocenters. The highest BCUT2D eigenvalue weighted by atomic mass is 32.1. The molecule has 11 saturated heterocycles. The second kappa shape index (κ2) is 61.9. The lowest BCUT2D eigenvalue weighted by atomic mass is 9.98. The molecule has 11 rings (SSSR count). The van der Waals surface area contributed by atoms with Gasteiger partial charge in [-0.25, -0.2) is 0 Å². The lowest BCUT2D eigenvalue weighted by Gasteiger charge is -2.43. The molecule has 0 bridgehead atoms. The normalized spacial score (nSPS) is 48.0. The molecule has 11 aliphatic heterocycles. The Morgan fingerprint density at radius 2 is 0.474 bits per heavy atom. The first kappa shape index (κ1) is 129. The average molecular weight is 2030 g/mol. The van der Waals surface area contributed by atoms with Crippen LogP contribution in [-0.4, -0.2) is 641 Å². The van der Waals surface area contributed by atoms with E-state index in [0.717, 1.165) is 0 Å². The molecule has 11 heterocycles. The van der Waals surface area contributed by atoms with Gasteiger partial charge in [-0.15, -0.1) is 0 Å². The Hall–Kier alpha value is -1.98. The predicted molar refractivity (Wildman–Crippen MR) is 407 cm³/mol. The third-order valence-corrected chi connectivity index (χ3v) is 21.4. The van der Waals surface area contributed by atoms with Crippen molar-refractivity contribution in [2.75, 3.05) is 65.2 Å². The second-order valence-corrected chi connectivity index (χ2v) is 31.8. The summed E-state index contributed by atoms with van der Waals surface area (Å²) in [6, 6.07) is -1.04.